The average Bonchev–Trinajstić information content (AvgIpc) is 2.50. The molecular weight excluding hydrogens is 296 g/mol. The quantitative estimate of drug-likeness (QED) is 0.642. The van der Waals surface area contributed by atoms with Gasteiger partial charge in [-0.1, -0.05) is 69.4 Å². The molecule has 2 aliphatic carbocycles. The number of hydrogen-bond acceptors (Lipinski definition) is 2. The number of rotatable bonds is 4. The van der Waals surface area contributed by atoms with Crippen LogP contribution in [-0.2, 0) is 0 Å². The van der Waals surface area contributed by atoms with E-state index in [0.29, 0.717) is 5.25 Å². The molecule has 0 amide bonds. The van der Waals surface area contributed by atoms with Crippen LogP contribution in [0.5, 0.6) is 0 Å². The fourth-order valence-electron chi connectivity index (χ4n) is 3.86. The van der Waals surface area contributed by atoms with Crippen LogP contribution in [0.2, 0.25) is 0 Å². The molecule has 0 aromatic rings. The fraction of sp³-hybridized carbons (Fsp3) is 0.941. The van der Waals surface area contributed by atoms with Crippen LogP contribution < -0.4 is 6.15 Å². The molecule has 0 aromatic heterocycles. The Morgan fingerprint density at radius 1 is 1.05 bits per heavy atom. The predicted molar refractivity (Wildman–Crippen MR) is 101 cm³/mol. The van der Waals surface area contributed by atoms with E-state index in [1.54, 1.807) is 0 Å². The maximum absolute atomic E-state index is 5.79. The summed E-state index contributed by atoms with van der Waals surface area (Å²) in [6.45, 7) is 5.77. The van der Waals surface area contributed by atoms with E-state index in [9.17, 15) is 0 Å². The lowest BCUT2D eigenvalue weighted by atomic mass is 9.87. The number of thioether (sulfide) groups is 1. The minimum absolute atomic E-state index is 0. The zero-order valence-corrected chi connectivity index (χ0v) is 15.9. The minimum atomic E-state index is 0. The highest BCUT2D eigenvalue weighted by Crippen LogP contribution is 2.34. The van der Waals surface area contributed by atoms with Crippen LogP contribution in [-0.4, -0.2) is 27.1 Å². The van der Waals surface area contributed by atoms with Gasteiger partial charge < -0.3 is 11.1 Å². The Bertz CT molecular complexity index is 297. The molecule has 0 heterocycles. The summed E-state index contributed by atoms with van der Waals surface area (Å²) >= 11 is 7.78. The van der Waals surface area contributed by atoms with E-state index >= 15 is 0 Å². The van der Waals surface area contributed by atoms with Gasteiger partial charge in [0.05, 0.1) is 0 Å². The summed E-state index contributed by atoms with van der Waals surface area (Å²) in [4.78, 5) is 2.53. The van der Waals surface area contributed by atoms with Crippen LogP contribution in [0.15, 0.2) is 0 Å². The van der Waals surface area contributed by atoms with Crippen molar-refractivity contribution in [3.05, 3.63) is 0 Å². The number of quaternary nitrogens is 1. The second kappa shape index (κ2) is 10.1. The third kappa shape index (κ3) is 5.72. The van der Waals surface area contributed by atoms with E-state index < -0.39 is 0 Å². The number of thiocarbonyl (C=S) groups is 1. The highest BCUT2D eigenvalue weighted by atomic mass is 32.2. The van der Waals surface area contributed by atoms with Gasteiger partial charge in [0.15, 0.2) is 0 Å². The van der Waals surface area contributed by atoms with Gasteiger partial charge in [-0.2, -0.15) is 0 Å². The van der Waals surface area contributed by atoms with Crippen LogP contribution in [0.25, 0.3) is 0 Å². The molecule has 2 aliphatic rings. The number of hydrogen-bond donors (Lipinski definition) is 1. The third-order valence-electron chi connectivity index (χ3n) is 5.19. The highest BCUT2D eigenvalue weighted by molar-refractivity contribution is 8.23. The van der Waals surface area contributed by atoms with Gasteiger partial charge in [0.1, 0.15) is 4.32 Å². The standard InChI is InChI=1S/C17H31NS2.H3N/c1-3-18(16-12-8-5-9-13-16)17(19)20-14(2)15-10-6-4-7-11-15;/h14-16H,3-13H2,1-2H3;1H3/p+1. The average molecular weight is 332 g/mol. The Hall–Kier alpha value is 0.200. The molecule has 0 radical (unpaired) electrons. The highest BCUT2D eigenvalue weighted by Gasteiger charge is 2.26. The SMILES string of the molecule is CCN(C(=S)SC(C)C1CCCCC1)C1CCCCC1.[NH4+]. The Morgan fingerprint density at radius 3 is 2.10 bits per heavy atom. The van der Waals surface area contributed by atoms with Crippen LogP contribution >= 0.6 is 24.0 Å². The van der Waals surface area contributed by atoms with E-state index in [2.05, 4.69) is 18.7 Å². The maximum Gasteiger partial charge on any atom is 0.136 e. The van der Waals surface area contributed by atoms with Crippen LogP contribution in [0.4, 0.5) is 0 Å². The minimum Gasteiger partial charge on any atom is -0.369 e. The Balaban J connectivity index is 0.00000220. The summed E-state index contributed by atoms with van der Waals surface area (Å²) in [7, 11) is 0. The van der Waals surface area contributed by atoms with Crippen LogP contribution in [0, 0.1) is 5.92 Å². The van der Waals surface area contributed by atoms with Crippen molar-refractivity contribution >= 4 is 28.3 Å². The first kappa shape index (κ1) is 19.2. The zero-order chi connectivity index (χ0) is 14.4. The van der Waals surface area contributed by atoms with Crippen molar-refractivity contribution in [1.82, 2.24) is 11.1 Å². The summed E-state index contributed by atoms with van der Waals surface area (Å²) < 4.78 is 1.18. The van der Waals surface area contributed by atoms with Gasteiger partial charge >= 0.3 is 0 Å². The van der Waals surface area contributed by atoms with E-state index in [1.807, 2.05) is 11.8 Å². The van der Waals surface area contributed by atoms with Crippen molar-refractivity contribution in [1.29, 1.82) is 0 Å². The molecule has 21 heavy (non-hydrogen) atoms. The van der Waals surface area contributed by atoms with Gasteiger partial charge in [-0.15, -0.1) is 0 Å². The molecule has 1 unspecified atom stereocenters. The molecule has 2 saturated carbocycles. The summed E-state index contributed by atoms with van der Waals surface area (Å²) in [5.41, 5.74) is 0. The molecule has 124 valence electrons. The molecule has 0 saturated heterocycles. The van der Waals surface area contributed by atoms with E-state index in [1.165, 1.54) is 68.5 Å². The first-order valence-corrected chi connectivity index (χ1v) is 9.98. The van der Waals surface area contributed by atoms with Crippen LogP contribution in [0.1, 0.15) is 78.1 Å². The molecule has 0 aliphatic heterocycles. The molecule has 4 heteroatoms. The Kier molecular flexibility index (Phi) is 9.22. The second-order valence-electron chi connectivity index (χ2n) is 6.56. The van der Waals surface area contributed by atoms with Gasteiger partial charge in [-0.3, -0.25) is 0 Å². The molecule has 4 N–H and O–H groups in total. The maximum atomic E-state index is 5.79. The van der Waals surface area contributed by atoms with Gasteiger partial charge in [-0.25, -0.2) is 0 Å². The zero-order valence-electron chi connectivity index (χ0n) is 14.3. The predicted octanol–water partition coefficient (Wildman–Crippen LogP) is 6.00. The lowest BCUT2D eigenvalue weighted by molar-refractivity contribution is 0.259. The summed E-state index contributed by atoms with van der Waals surface area (Å²) in [5.74, 6) is 0.900. The normalized spacial score (nSPS) is 22.4. The molecule has 0 bridgehead atoms. The summed E-state index contributed by atoms with van der Waals surface area (Å²) in [5, 5.41) is 0.709. The Morgan fingerprint density at radius 2 is 1.57 bits per heavy atom. The summed E-state index contributed by atoms with van der Waals surface area (Å²) in [6, 6.07) is 0.729. The van der Waals surface area contributed by atoms with Gasteiger partial charge in [-0.05, 0) is 38.5 Å². The topological polar surface area (TPSA) is 39.7 Å². The van der Waals surface area contributed by atoms with Gasteiger partial charge in [0.2, 0.25) is 0 Å². The fourth-order valence-corrected chi connectivity index (χ4v) is 5.79. The molecular formula is C17H35N2S2+. The summed E-state index contributed by atoms with van der Waals surface area (Å²) in [6.07, 6.45) is 14.1. The second-order valence-corrected chi connectivity index (χ2v) is 8.58. The molecule has 1 atom stereocenters. The molecule has 2 rings (SSSR count). The van der Waals surface area contributed by atoms with E-state index in [-0.39, 0.29) is 6.15 Å². The lowest BCUT2D eigenvalue weighted by Gasteiger charge is -2.37. The van der Waals surface area contributed by atoms with Crippen molar-refractivity contribution in [2.24, 2.45) is 5.92 Å². The van der Waals surface area contributed by atoms with E-state index in [4.69, 9.17) is 12.2 Å². The van der Waals surface area contributed by atoms with E-state index in [0.717, 1.165) is 18.5 Å². The van der Waals surface area contributed by atoms with Crippen molar-refractivity contribution in [2.45, 2.75) is 89.3 Å². The van der Waals surface area contributed by atoms with Crippen molar-refractivity contribution in [3.63, 3.8) is 0 Å². The Labute approximate surface area is 141 Å². The molecule has 2 fully saturated rings. The molecule has 0 aromatic carbocycles. The largest absolute Gasteiger partial charge is 0.369 e. The smallest absolute Gasteiger partial charge is 0.136 e. The van der Waals surface area contributed by atoms with Crippen molar-refractivity contribution < 1.29 is 0 Å². The monoisotopic (exact) mass is 331 g/mol. The van der Waals surface area contributed by atoms with Crippen LogP contribution in [0.3, 0.4) is 0 Å². The first-order valence-electron chi connectivity index (χ1n) is 8.69. The lowest BCUT2D eigenvalue weighted by Crippen LogP contribution is -2.40. The van der Waals surface area contributed by atoms with Gasteiger partial charge in [0.25, 0.3) is 0 Å². The first-order chi connectivity index (χ1) is 9.72. The third-order valence-corrected chi connectivity index (χ3v) is 6.91. The van der Waals surface area contributed by atoms with Crippen molar-refractivity contribution in [3.8, 4) is 0 Å². The number of nitrogens with zero attached hydrogens (tertiary/aromatic N) is 1. The molecule has 0 spiro atoms. The van der Waals surface area contributed by atoms with Crippen molar-refractivity contribution in [2.75, 3.05) is 6.54 Å². The van der Waals surface area contributed by atoms with Gasteiger partial charge in [0, 0.05) is 17.8 Å². The molecule has 2 nitrogen and oxygen atoms in total.